The van der Waals surface area contributed by atoms with Gasteiger partial charge in [-0.1, -0.05) is 30.3 Å². The first-order valence-corrected chi connectivity index (χ1v) is 8.52. The number of aryl methyl sites for hydroxylation is 1. The first kappa shape index (κ1) is 14.2. The summed E-state index contributed by atoms with van der Waals surface area (Å²) in [7, 11) is 0. The molecule has 5 heteroatoms. The normalized spacial score (nSPS) is 13.3. The van der Waals surface area contributed by atoms with Crippen molar-refractivity contribution in [2.45, 2.75) is 26.4 Å². The van der Waals surface area contributed by atoms with E-state index in [4.69, 9.17) is 0 Å². The van der Waals surface area contributed by atoms with Crippen molar-refractivity contribution in [3.63, 3.8) is 0 Å². The SMILES string of the molecule is Cc1csc(-c2n[nH]c3c2CN(C(=O)Cc2ccccc2)C3)c1. The van der Waals surface area contributed by atoms with Crippen molar-refractivity contribution in [2.75, 3.05) is 0 Å². The molecular weight excluding hydrogens is 306 g/mol. The Labute approximate surface area is 138 Å². The second kappa shape index (κ2) is 5.66. The first-order chi connectivity index (χ1) is 11.2. The van der Waals surface area contributed by atoms with E-state index in [0.29, 0.717) is 19.5 Å². The monoisotopic (exact) mass is 323 g/mol. The van der Waals surface area contributed by atoms with Crippen LogP contribution in [0.2, 0.25) is 0 Å². The van der Waals surface area contributed by atoms with Crippen LogP contribution in [-0.2, 0) is 24.3 Å². The Balaban J connectivity index is 1.52. The molecule has 0 bridgehead atoms. The number of fused-ring (bicyclic) bond motifs is 1. The Morgan fingerprint density at radius 3 is 2.87 bits per heavy atom. The number of benzene rings is 1. The van der Waals surface area contributed by atoms with E-state index in [1.807, 2.05) is 35.2 Å². The zero-order valence-corrected chi connectivity index (χ0v) is 13.7. The highest BCUT2D eigenvalue weighted by molar-refractivity contribution is 7.13. The van der Waals surface area contributed by atoms with E-state index in [-0.39, 0.29) is 5.91 Å². The van der Waals surface area contributed by atoms with Crippen molar-refractivity contribution >= 4 is 17.2 Å². The van der Waals surface area contributed by atoms with Crippen LogP contribution in [0.3, 0.4) is 0 Å². The molecule has 4 nitrogen and oxygen atoms in total. The van der Waals surface area contributed by atoms with Crippen molar-refractivity contribution in [2.24, 2.45) is 0 Å². The minimum absolute atomic E-state index is 0.161. The van der Waals surface area contributed by atoms with Gasteiger partial charge in [-0.05, 0) is 29.5 Å². The Bertz CT molecular complexity index is 850. The number of H-pyrrole nitrogens is 1. The minimum atomic E-state index is 0.161. The first-order valence-electron chi connectivity index (χ1n) is 7.64. The fraction of sp³-hybridized carbons (Fsp3) is 0.222. The lowest BCUT2D eigenvalue weighted by molar-refractivity contribution is -0.131. The van der Waals surface area contributed by atoms with Gasteiger partial charge >= 0.3 is 0 Å². The summed E-state index contributed by atoms with van der Waals surface area (Å²) in [6.45, 7) is 3.35. The van der Waals surface area contributed by atoms with E-state index in [0.717, 1.165) is 27.4 Å². The molecule has 116 valence electrons. The average Bonchev–Trinajstić information content (AvgIpc) is 3.23. The maximum Gasteiger partial charge on any atom is 0.227 e. The van der Waals surface area contributed by atoms with Gasteiger partial charge in [0.25, 0.3) is 0 Å². The number of thiophene rings is 1. The summed E-state index contributed by atoms with van der Waals surface area (Å²) < 4.78 is 0. The summed E-state index contributed by atoms with van der Waals surface area (Å²) in [5.41, 5.74) is 5.52. The van der Waals surface area contributed by atoms with Gasteiger partial charge in [-0.25, -0.2) is 0 Å². The van der Waals surface area contributed by atoms with Crippen LogP contribution in [0.1, 0.15) is 22.4 Å². The van der Waals surface area contributed by atoms with Gasteiger partial charge in [0.2, 0.25) is 5.91 Å². The molecule has 2 aromatic heterocycles. The van der Waals surface area contributed by atoms with Gasteiger partial charge in [0, 0.05) is 5.56 Å². The molecule has 0 saturated heterocycles. The molecule has 0 atom stereocenters. The van der Waals surface area contributed by atoms with Gasteiger partial charge in [0.05, 0.1) is 30.1 Å². The molecule has 1 N–H and O–H groups in total. The van der Waals surface area contributed by atoms with Gasteiger partial charge in [-0.15, -0.1) is 11.3 Å². The predicted molar refractivity (Wildman–Crippen MR) is 91.0 cm³/mol. The number of hydrogen-bond acceptors (Lipinski definition) is 3. The molecule has 23 heavy (non-hydrogen) atoms. The maximum atomic E-state index is 12.5. The smallest absolute Gasteiger partial charge is 0.227 e. The molecular formula is C18H17N3OS. The summed E-state index contributed by atoms with van der Waals surface area (Å²) in [4.78, 5) is 15.6. The predicted octanol–water partition coefficient (Wildman–Crippen LogP) is 3.53. The van der Waals surface area contributed by atoms with Crippen LogP contribution >= 0.6 is 11.3 Å². The summed E-state index contributed by atoms with van der Waals surface area (Å²) in [6, 6.07) is 12.0. The highest BCUT2D eigenvalue weighted by Gasteiger charge is 2.28. The van der Waals surface area contributed by atoms with Crippen LogP contribution in [0.5, 0.6) is 0 Å². The molecule has 0 radical (unpaired) electrons. The number of rotatable bonds is 3. The molecule has 1 aliphatic rings. The summed E-state index contributed by atoms with van der Waals surface area (Å²) >= 11 is 1.70. The van der Waals surface area contributed by atoms with E-state index >= 15 is 0 Å². The maximum absolute atomic E-state index is 12.5. The van der Waals surface area contributed by atoms with E-state index in [1.54, 1.807) is 11.3 Å². The molecule has 1 aliphatic heterocycles. The highest BCUT2D eigenvalue weighted by Crippen LogP contribution is 2.34. The summed E-state index contributed by atoms with van der Waals surface area (Å²) in [5.74, 6) is 0.161. The van der Waals surface area contributed by atoms with Gasteiger partial charge in [0.15, 0.2) is 0 Å². The Kier molecular flexibility index (Phi) is 3.50. The van der Waals surface area contributed by atoms with Crippen molar-refractivity contribution in [3.05, 3.63) is 64.2 Å². The summed E-state index contributed by atoms with van der Waals surface area (Å²) in [5, 5.41) is 9.68. The van der Waals surface area contributed by atoms with Crippen molar-refractivity contribution in [1.29, 1.82) is 0 Å². The highest BCUT2D eigenvalue weighted by atomic mass is 32.1. The molecule has 0 unspecified atom stereocenters. The third-order valence-electron chi connectivity index (χ3n) is 4.17. The van der Waals surface area contributed by atoms with Crippen LogP contribution in [0.25, 0.3) is 10.6 Å². The Hall–Kier alpha value is -2.40. The molecule has 0 fully saturated rings. The second-order valence-corrected chi connectivity index (χ2v) is 6.84. The molecule has 1 aromatic carbocycles. The largest absolute Gasteiger partial charge is 0.332 e. The van der Waals surface area contributed by atoms with Crippen molar-refractivity contribution < 1.29 is 4.79 Å². The average molecular weight is 323 g/mol. The van der Waals surface area contributed by atoms with Gasteiger partial charge in [-0.3, -0.25) is 9.89 Å². The third kappa shape index (κ3) is 2.68. The standard InChI is InChI=1S/C18H17N3OS/c1-12-7-16(23-11-12)18-14-9-21(10-15(14)19-20-18)17(22)8-13-5-3-2-4-6-13/h2-7,11H,8-10H2,1H3,(H,19,20). The number of hydrogen-bond donors (Lipinski definition) is 1. The van der Waals surface area contributed by atoms with Crippen LogP contribution in [-0.4, -0.2) is 21.0 Å². The van der Waals surface area contributed by atoms with E-state index in [9.17, 15) is 4.79 Å². The molecule has 1 amide bonds. The van der Waals surface area contributed by atoms with Gasteiger partial charge < -0.3 is 4.90 Å². The lowest BCUT2D eigenvalue weighted by atomic mass is 10.1. The van der Waals surface area contributed by atoms with Crippen LogP contribution in [0.15, 0.2) is 41.8 Å². The zero-order chi connectivity index (χ0) is 15.8. The Morgan fingerprint density at radius 1 is 1.30 bits per heavy atom. The van der Waals surface area contributed by atoms with Crippen molar-refractivity contribution in [3.8, 4) is 10.6 Å². The molecule has 3 aromatic rings. The number of nitrogens with one attached hydrogen (secondary N) is 1. The second-order valence-electron chi connectivity index (χ2n) is 5.93. The summed E-state index contributed by atoms with van der Waals surface area (Å²) in [6.07, 6.45) is 0.450. The van der Waals surface area contributed by atoms with Crippen LogP contribution in [0, 0.1) is 6.92 Å². The quantitative estimate of drug-likeness (QED) is 0.801. The number of amides is 1. The molecule has 0 spiro atoms. The number of aromatic amines is 1. The molecule has 0 aliphatic carbocycles. The van der Waals surface area contributed by atoms with Crippen LogP contribution < -0.4 is 0 Å². The number of nitrogens with zero attached hydrogens (tertiary/aromatic N) is 2. The fourth-order valence-electron chi connectivity index (χ4n) is 2.96. The zero-order valence-electron chi connectivity index (χ0n) is 12.9. The van der Waals surface area contributed by atoms with E-state index < -0.39 is 0 Å². The topological polar surface area (TPSA) is 49.0 Å². The molecule has 4 rings (SSSR count). The van der Waals surface area contributed by atoms with Crippen LogP contribution in [0.4, 0.5) is 0 Å². The molecule has 3 heterocycles. The number of aromatic nitrogens is 2. The van der Waals surface area contributed by atoms with Crippen molar-refractivity contribution in [1.82, 2.24) is 15.1 Å². The fourth-order valence-corrected chi connectivity index (χ4v) is 3.87. The lowest BCUT2D eigenvalue weighted by Gasteiger charge is -2.15. The number of carbonyl (C=O) groups is 1. The lowest BCUT2D eigenvalue weighted by Crippen LogP contribution is -2.27. The van der Waals surface area contributed by atoms with Gasteiger partial charge in [0.1, 0.15) is 5.69 Å². The number of carbonyl (C=O) groups excluding carboxylic acids is 1. The van der Waals surface area contributed by atoms with E-state index in [1.165, 1.54) is 5.56 Å². The molecule has 0 saturated carbocycles. The third-order valence-corrected chi connectivity index (χ3v) is 5.22. The minimum Gasteiger partial charge on any atom is -0.332 e. The van der Waals surface area contributed by atoms with Gasteiger partial charge in [-0.2, -0.15) is 5.10 Å². The van der Waals surface area contributed by atoms with E-state index in [2.05, 4.69) is 28.6 Å². The Morgan fingerprint density at radius 2 is 2.13 bits per heavy atom.